The van der Waals surface area contributed by atoms with E-state index < -0.39 is 0 Å². The van der Waals surface area contributed by atoms with Crippen molar-refractivity contribution in [3.63, 3.8) is 0 Å². The standard InChI is InChI=1S/C11H22N2O/c1-3-11(14-8-1)9-12-6-2-7-13-10-4-5-10/h10-13H,1-9H2. The van der Waals surface area contributed by atoms with Gasteiger partial charge in [-0.2, -0.15) is 0 Å². The average Bonchev–Trinajstić information content (AvgIpc) is 2.87. The van der Waals surface area contributed by atoms with Gasteiger partial charge >= 0.3 is 0 Å². The molecule has 0 spiro atoms. The molecule has 2 fully saturated rings. The predicted octanol–water partition coefficient (Wildman–Crippen LogP) is 0.897. The van der Waals surface area contributed by atoms with Gasteiger partial charge < -0.3 is 15.4 Å². The lowest BCUT2D eigenvalue weighted by Gasteiger charge is -2.10. The van der Waals surface area contributed by atoms with Crippen LogP contribution in [0.25, 0.3) is 0 Å². The Hall–Kier alpha value is -0.120. The van der Waals surface area contributed by atoms with Crippen LogP contribution in [0.2, 0.25) is 0 Å². The van der Waals surface area contributed by atoms with Crippen LogP contribution in [0.15, 0.2) is 0 Å². The van der Waals surface area contributed by atoms with Gasteiger partial charge in [0.25, 0.3) is 0 Å². The van der Waals surface area contributed by atoms with E-state index in [0.29, 0.717) is 6.10 Å². The molecular weight excluding hydrogens is 176 g/mol. The molecule has 0 amide bonds. The van der Waals surface area contributed by atoms with Crippen molar-refractivity contribution in [3.8, 4) is 0 Å². The quantitative estimate of drug-likeness (QED) is 0.596. The Morgan fingerprint density at radius 1 is 1.14 bits per heavy atom. The molecule has 1 unspecified atom stereocenters. The summed E-state index contributed by atoms with van der Waals surface area (Å²) >= 11 is 0. The number of hydrogen-bond donors (Lipinski definition) is 2. The van der Waals surface area contributed by atoms with Crippen molar-refractivity contribution >= 4 is 0 Å². The molecule has 82 valence electrons. The minimum Gasteiger partial charge on any atom is -0.377 e. The molecule has 2 aliphatic rings. The second kappa shape index (κ2) is 5.69. The van der Waals surface area contributed by atoms with Crippen molar-refractivity contribution in [2.24, 2.45) is 0 Å². The summed E-state index contributed by atoms with van der Waals surface area (Å²) in [5.74, 6) is 0. The van der Waals surface area contributed by atoms with Crippen molar-refractivity contribution in [3.05, 3.63) is 0 Å². The van der Waals surface area contributed by atoms with E-state index in [-0.39, 0.29) is 0 Å². The minimum atomic E-state index is 0.492. The molecule has 1 aliphatic heterocycles. The molecule has 0 aromatic heterocycles. The van der Waals surface area contributed by atoms with E-state index in [0.717, 1.165) is 25.7 Å². The van der Waals surface area contributed by atoms with Crippen LogP contribution in [-0.2, 0) is 4.74 Å². The van der Waals surface area contributed by atoms with E-state index in [9.17, 15) is 0 Å². The SMILES string of the molecule is C(CNCC1CCCO1)CNC1CC1. The van der Waals surface area contributed by atoms with Crippen LogP contribution in [0, 0.1) is 0 Å². The summed E-state index contributed by atoms with van der Waals surface area (Å²) in [6.45, 7) is 4.31. The highest BCUT2D eigenvalue weighted by Crippen LogP contribution is 2.18. The van der Waals surface area contributed by atoms with Gasteiger partial charge in [-0.05, 0) is 45.2 Å². The van der Waals surface area contributed by atoms with Crippen LogP contribution >= 0.6 is 0 Å². The molecule has 3 nitrogen and oxygen atoms in total. The van der Waals surface area contributed by atoms with Crippen LogP contribution in [0.3, 0.4) is 0 Å². The Morgan fingerprint density at radius 2 is 2.07 bits per heavy atom. The van der Waals surface area contributed by atoms with Gasteiger partial charge in [0.1, 0.15) is 0 Å². The monoisotopic (exact) mass is 198 g/mol. The second-order valence-electron chi connectivity index (χ2n) is 4.42. The lowest BCUT2D eigenvalue weighted by Crippen LogP contribution is -2.29. The van der Waals surface area contributed by atoms with Crippen molar-refractivity contribution in [2.45, 2.75) is 44.2 Å². The van der Waals surface area contributed by atoms with Gasteiger partial charge in [0, 0.05) is 19.2 Å². The van der Waals surface area contributed by atoms with Gasteiger partial charge in [-0.25, -0.2) is 0 Å². The third-order valence-corrected chi connectivity index (χ3v) is 2.94. The third kappa shape index (κ3) is 3.95. The highest BCUT2D eigenvalue weighted by Gasteiger charge is 2.19. The molecule has 1 heterocycles. The Balaban J connectivity index is 1.35. The average molecular weight is 198 g/mol. The van der Waals surface area contributed by atoms with E-state index in [1.165, 1.54) is 38.6 Å². The van der Waals surface area contributed by atoms with E-state index >= 15 is 0 Å². The fourth-order valence-electron chi connectivity index (χ4n) is 1.88. The minimum absolute atomic E-state index is 0.492. The molecule has 1 saturated heterocycles. The summed E-state index contributed by atoms with van der Waals surface area (Å²) < 4.78 is 5.53. The summed E-state index contributed by atoms with van der Waals surface area (Å²) in [4.78, 5) is 0. The normalized spacial score (nSPS) is 27.0. The largest absolute Gasteiger partial charge is 0.377 e. The molecule has 1 aliphatic carbocycles. The van der Waals surface area contributed by atoms with Crippen LogP contribution in [-0.4, -0.2) is 38.4 Å². The number of ether oxygens (including phenoxy) is 1. The summed E-state index contributed by atoms with van der Waals surface area (Å²) in [5.41, 5.74) is 0. The first-order chi connectivity index (χ1) is 6.95. The van der Waals surface area contributed by atoms with E-state index in [4.69, 9.17) is 4.74 Å². The maximum Gasteiger partial charge on any atom is 0.0700 e. The molecule has 14 heavy (non-hydrogen) atoms. The first kappa shape index (κ1) is 10.4. The Morgan fingerprint density at radius 3 is 2.79 bits per heavy atom. The highest BCUT2D eigenvalue weighted by atomic mass is 16.5. The van der Waals surface area contributed by atoms with Crippen molar-refractivity contribution in [2.75, 3.05) is 26.2 Å². The second-order valence-corrected chi connectivity index (χ2v) is 4.42. The Labute approximate surface area is 86.6 Å². The topological polar surface area (TPSA) is 33.3 Å². The van der Waals surface area contributed by atoms with Crippen LogP contribution in [0.5, 0.6) is 0 Å². The van der Waals surface area contributed by atoms with Gasteiger partial charge in [-0.3, -0.25) is 0 Å². The maximum absolute atomic E-state index is 5.53. The molecule has 0 aromatic carbocycles. The van der Waals surface area contributed by atoms with Crippen molar-refractivity contribution in [1.29, 1.82) is 0 Å². The fraction of sp³-hybridized carbons (Fsp3) is 1.00. The summed E-state index contributed by atoms with van der Waals surface area (Å²) in [7, 11) is 0. The van der Waals surface area contributed by atoms with Gasteiger partial charge in [0.2, 0.25) is 0 Å². The van der Waals surface area contributed by atoms with Crippen LogP contribution in [0.4, 0.5) is 0 Å². The zero-order valence-corrected chi connectivity index (χ0v) is 8.93. The van der Waals surface area contributed by atoms with Crippen LogP contribution < -0.4 is 10.6 Å². The van der Waals surface area contributed by atoms with Gasteiger partial charge in [0.15, 0.2) is 0 Å². The highest BCUT2D eigenvalue weighted by molar-refractivity contribution is 4.80. The van der Waals surface area contributed by atoms with E-state index in [1.807, 2.05) is 0 Å². The molecule has 0 radical (unpaired) electrons. The smallest absolute Gasteiger partial charge is 0.0700 e. The maximum atomic E-state index is 5.53. The molecule has 1 saturated carbocycles. The number of hydrogen-bond acceptors (Lipinski definition) is 3. The number of rotatable bonds is 7. The lowest BCUT2D eigenvalue weighted by molar-refractivity contribution is 0.110. The van der Waals surface area contributed by atoms with Gasteiger partial charge in [0.05, 0.1) is 6.10 Å². The van der Waals surface area contributed by atoms with Crippen molar-refractivity contribution in [1.82, 2.24) is 10.6 Å². The zero-order chi connectivity index (χ0) is 9.64. The molecule has 3 heteroatoms. The first-order valence-corrected chi connectivity index (χ1v) is 6.01. The molecule has 0 bridgehead atoms. The molecule has 0 aromatic rings. The summed E-state index contributed by atoms with van der Waals surface area (Å²) in [6.07, 6.45) is 7.00. The first-order valence-electron chi connectivity index (χ1n) is 6.01. The Kier molecular flexibility index (Phi) is 4.22. The predicted molar refractivity (Wildman–Crippen MR) is 57.5 cm³/mol. The third-order valence-electron chi connectivity index (χ3n) is 2.94. The molecule has 2 N–H and O–H groups in total. The molecular formula is C11H22N2O. The molecule has 1 atom stereocenters. The van der Waals surface area contributed by atoms with Gasteiger partial charge in [-0.1, -0.05) is 0 Å². The van der Waals surface area contributed by atoms with Crippen LogP contribution in [0.1, 0.15) is 32.1 Å². The fourth-order valence-corrected chi connectivity index (χ4v) is 1.88. The summed E-state index contributed by atoms with van der Waals surface area (Å²) in [5, 5.41) is 6.97. The Bertz CT molecular complexity index is 153. The van der Waals surface area contributed by atoms with Crippen molar-refractivity contribution < 1.29 is 4.74 Å². The van der Waals surface area contributed by atoms with E-state index in [2.05, 4.69) is 10.6 Å². The zero-order valence-electron chi connectivity index (χ0n) is 8.93. The van der Waals surface area contributed by atoms with Gasteiger partial charge in [-0.15, -0.1) is 0 Å². The number of nitrogens with one attached hydrogen (secondary N) is 2. The lowest BCUT2D eigenvalue weighted by atomic mass is 10.2. The summed E-state index contributed by atoms with van der Waals surface area (Å²) in [6, 6.07) is 0.855. The molecule has 2 rings (SSSR count). The van der Waals surface area contributed by atoms with E-state index in [1.54, 1.807) is 0 Å².